The van der Waals surface area contributed by atoms with Gasteiger partial charge in [0.05, 0.1) is 0 Å². The van der Waals surface area contributed by atoms with Crippen LogP contribution in [0.3, 0.4) is 0 Å². The van der Waals surface area contributed by atoms with Crippen LogP contribution >= 0.6 is 0 Å². The zero-order chi connectivity index (χ0) is 22.1. The summed E-state index contributed by atoms with van der Waals surface area (Å²) in [6.45, 7) is -4.63. The Kier molecular flexibility index (Phi) is 8.21. The fourth-order valence-electron chi connectivity index (χ4n) is 2.30. The molecule has 2 amide bonds. The molecule has 0 aromatic heterocycles. The largest absolute Gasteiger partial charge is 0.435 e. The Hall–Kier alpha value is -3.56. The number of amides is 2. The maximum absolute atomic E-state index is 12.6. The number of carbonyl (C=O) groups is 2. The van der Waals surface area contributed by atoms with Crippen molar-refractivity contribution in [2.75, 3.05) is 10.6 Å². The molecule has 0 bridgehead atoms. The van der Waals surface area contributed by atoms with Gasteiger partial charge in [-0.3, -0.25) is 9.59 Å². The van der Waals surface area contributed by atoms with Gasteiger partial charge in [-0.1, -0.05) is 13.0 Å². The number of anilines is 2. The lowest BCUT2D eigenvalue weighted by Gasteiger charge is -2.11. The van der Waals surface area contributed by atoms with E-state index in [9.17, 15) is 27.2 Å². The Morgan fingerprint density at radius 2 is 1.63 bits per heavy atom. The van der Waals surface area contributed by atoms with Gasteiger partial charge in [0.1, 0.15) is 11.5 Å². The van der Waals surface area contributed by atoms with E-state index in [-0.39, 0.29) is 17.2 Å². The molecule has 10 heteroatoms. The minimum absolute atomic E-state index is 0.0519. The molecule has 0 spiro atoms. The highest BCUT2D eigenvalue weighted by Gasteiger charge is 2.12. The van der Waals surface area contributed by atoms with Crippen molar-refractivity contribution in [2.24, 2.45) is 0 Å². The summed E-state index contributed by atoms with van der Waals surface area (Å²) in [5.41, 5.74) is 0.935. The van der Waals surface area contributed by atoms with Crippen molar-refractivity contribution in [3.8, 4) is 11.5 Å². The van der Waals surface area contributed by atoms with Crippen molar-refractivity contribution in [3.05, 3.63) is 54.1 Å². The van der Waals surface area contributed by atoms with Crippen LogP contribution in [0.1, 0.15) is 18.9 Å². The second-order valence-corrected chi connectivity index (χ2v) is 5.76. The van der Waals surface area contributed by atoms with Gasteiger partial charge in [-0.25, -0.2) is 0 Å². The van der Waals surface area contributed by atoms with Gasteiger partial charge in [0.2, 0.25) is 11.8 Å². The van der Waals surface area contributed by atoms with Crippen molar-refractivity contribution in [1.29, 1.82) is 0 Å². The lowest BCUT2D eigenvalue weighted by Crippen LogP contribution is -2.11. The van der Waals surface area contributed by atoms with Crippen molar-refractivity contribution < 1.29 is 36.6 Å². The molecule has 160 valence electrons. The maximum Gasteiger partial charge on any atom is 0.387 e. The molecular weight excluding hydrogens is 408 g/mol. The molecule has 2 aromatic carbocycles. The summed E-state index contributed by atoms with van der Waals surface area (Å²) < 4.78 is 58.2. The Bertz CT molecular complexity index is 919. The van der Waals surface area contributed by atoms with Gasteiger partial charge < -0.3 is 20.1 Å². The Morgan fingerprint density at radius 1 is 0.967 bits per heavy atom. The molecule has 0 saturated carbocycles. The number of alkyl halides is 4. The SMILES string of the molecule is CCC(=O)Nc1cccc(NC(=O)/C=C/c2ccc(OC(F)F)cc2OC(F)F)c1. The molecule has 2 aromatic rings. The molecule has 0 unspecified atom stereocenters. The summed E-state index contributed by atoms with van der Waals surface area (Å²) in [6.07, 6.45) is 2.53. The molecule has 0 aliphatic rings. The minimum Gasteiger partial charge on any atom is -0.435 e. The molecule has 2 N–H and O–H groups in total. The zero-order valence-electron chi connectivity index (χ0n) is 15.7. The monoisotopic (exact) mass is 426 g/mol. The highest BCUT2D eigenvalue weighted by atomic mass is 19.3. The summed E-state index contributed by atoms with van der Waals surface area (Å²) >= 11 is 0. The van der Waals surface area contributed by atoms with Gasteiger partial charge in [0.25, 0.3) is 0 Å². The number of halogens is 4. The molecule has 0 fully saturated rings. The van der Waals surface area contributed by atoms with Crippen LogP contribution in [0.15, 0.2) is 48.5 Å². The fourth-order valence-corrected chi connectivity index (χ4v) is 2.30. The third kappa shape index (κ3) is 7.46. The van der Waals surface area contributed by atoms with E-state index in [1.807, 2.05) is 0 Å². The lowest BCUT2D eigenvalue weighted by molar-refractivity contribution is -0.116. The predicted octanol–water partition coefficient (Wildman–Crippen LogP) is 4.89. The first-order chi connectivity index (χ1) is 14.3. The molecule has 6 nitrogen and oxygen atoms in total. The van der Waals surface area contributed by atoms with Gasteiger partial charge in [-0.15, -0.1) is 0 Å². The van der Waals surface area contributed by atoms with Gasteiger partial charge in [-0.2, -0.15) is 17.6 Å². The van der Waals surface area contributed by atoms with Crippen LogP contribution < -0.4 is 20.1 Å². The Morgan fingerprint density at radius 3 is 2.27 bits per heavy atom. The van der Waals surface area contributed by atoms with E-state index in [1.54, 1.807) is 31.2 Å². The van der Waals surface area contributed by atoms with Crippen LogP contribution in [0, 0.1) is 0 Å². The lowest BCUT2D eigenvalue weighted by atomic mass is 10.1. The molecule has 0 aliphatic carbocycles. The molecule has 0 heterocycles. The number of rotatable bonds is 9. The number of hydrogen-bond donors (Lipinski definition) is 2. The first-order valence-electron chi connectivity index (χ1n) is 8.69. The standard InChI is InChI=1S/C20H18F4N2O4/c1-2-17(27)25-13-4-3-5-14(10-13)26-18(28)9-7-12-6-8-15(29-19(21)22)11-16(12)30-20(23)24/h3-11,19-20H,2H2,1H3,(H,25,27)(H,26,28)/b9-7+. The molecule has 30 heavy (non-hydrogen) atoms. The van der Waals surface area contributed by atoms with E-state index in [2.05, 4.69) is 20.1 Å². The first-order valence-corrected chi connectivity index (χ1v) is 8.69. The van der Waals surface area contributed by atoms with Crippen molar-refractivity contribution >= 4 is 29.3 Å². The number of nitrogens with one attached hydrogen (secondary N) is 2. The molecule has 0 saturated heterocycles. The smallest absolute Gasteiger partial charge is 0.387 e. The van der Waals surface area contributed by atoms with E-state index in [1.165, 1.54) is 12.1 Å². The van der Waals surface area contributed by atoms with Crippen LogP contribution in [0.5, 0.6) is 11.5 Å². The Balaban J connectivity index is 2.11. The van der Waals surface area contributed by atoms with Crippen LogP contribution in [0.25, 0.3) is 6.08 Å². The minimum atomic E-state index is -3.20. The molecule has 2 rings (SSSR count). The van der Waals surface area contributed by atoms with E-state index in [0.717, 1.165) is 18.2 Å². The summed E-state index contributed by atoms with van der Waals surface area (Å²) in [5.74, 6) is -1.58. The van der Waals surface area contributed by atoms with Crippen molar-refractivity contribution in [1.82, 2.24) is 0 Å². The fraction of sp³-hybridized carbons (Fsp3) is 0.200. The van der Waals surface area contributed by atoms with E-state index in [0.29, 0.717) is 17.8 Å². The average Bonchev–Trinajstić information content (AvgIpc) is 2.66. The highest BCUT2D eigenvalue weighted by Crippen LogP contribution is 2.28. The van der Waals surface area contributed by atoms with E-state index >= 15 is 0 Å². The molecular formula is C20H18F4N2O4. The number of ether oxygens (including phenoxy) is 2. The zero-order valence-corrected chi connectivity index (χ0v) is 15.7. The van der Waals surface area contributed by atoms with Crippen molar-refractivity contribution in [2.45, 2.75) is 26.6 Å². The third-order valence-corrected chi connectivity index (χ3v) is 3.58. The van der Waals surface area contributed by atoms with Crippen LogP contribution in [0.4, 0.5) is 28.9 Å². The molecule has 0 radical (unpaired) electrons. The summed E-state index contributed by atoms with van der Waals surface area (Å²) in [4.78, 5) is 23.6. The van der Waals surface area contributed by atoms with Crippen molar-refractivity contribution in [3.63, 3.8) is 0 Å². The Labute approximate surface area is 169 Å². The topological polar surface area (TPSA) is 76.7 Å². The van der Waals surface area contributed by atoms with Gasteiger partial charge in [0.15, 0.2) is 0 Å². The summed E-state index contributed by atoms with van der Waals surface area (Å²) in [5, 5.41) is 5.20. The second kappa shape index (κ2) is 10.8. The van der Waals surface area contributed by atoms with Crippen LogP contribution in [-0.4, -0.2) is 25.0 Å². The maximum atomic E-state index is 12.6. The van der Waals surface area contributed by atoms with Gasteiger partial charge in [0, 0.05) is 35.5 Å². The van der Waals surface area contributed by atoms with Gasteiger partial charge in [-0.05, 0) is 36.4 Å². The summed E-state index contributed by atoms with van der Waals surface area (Å²) in [6, 6.07) is 9.60. The highest BCUT2D eigenvalue weighted by molar-refractivity contribution is 6.02. The number of hydrogen-bond acceptors (Lipinski definition) is 4. The normalized spacial score (nSPS) is 11.0. The van der Waals surface area contributed by atoms with Crippen LogP contribution in [0.2, 0.25) is 0 Å². The van der Waals surface area contributed by atoms with Crippen LogP contribution in [-0.2, 0) is 9.59 Å². The third-order valence-electron chi connectivity index (χ3n) is 3.58. The summed E-state index contributed by atoms with van der Waals surface area (Å²) in [7, 11) is 0. The molecule has 0 aliphatic heterocycles. The average molecular weight is 426 g/mol. The van der Waals surface area contributed by atoms with Gasteiger partial charge >= 0.3 is 13.2 Å². The van der Waals surface area contributed by atoms with E-state index in [4.69, 9.17) is 0 Å². The second-order valence-electron chi connectivity index (χ2n) is 5.76. The molecule has 0 atom stereocenters. The number of carbonyl (C=O) groups excluding carboxylic acids is 2. The quantitative estimate of drug-likeness (QED) is 0.442. The van der Waals surface area contributed by atoms with E-state index < -0.39 is 24.9 Å². The predicted molar refractivity (Wildman–Crippen MR) is 103 cm³/mol. The number of benzene rings is 2. The first kappa shape index (κ1) is 22.7.